The number of rotatable bonds is 4. The van der Waals surface area contributed by atoms with Gasteiger partial charge in [0.1, 0.15) is 16.9 Å². The summed E-state index contributed by atoms with van der Waals surface area (Å²) >= 11 is 0.557. The fourth-order valence-electron chi connectivity index (χ4n) is 2.25. The van der Waals surface area contributed by atoms with Crippen molar-refractivity contribution < 1.29 is 27.1 Å². The number of carbonyl (C=O) groups is 1. The molecular formula is C14H13F3N2O3S. The Balaban J connectivity index is 1.59. The second kappa shape index (κ2) is 6.23. The minimum atomic E-state index is -4.38. The summed E-state index contributed by atoms with van der Waals surface area (Å²) in [4.78, 5) is 17.1. The fourth-order valence-corrected chi connectivity index (χ4v) is 2.94. The first-order valence-corrected chi connectivity index (χ1v) is 7.83. The first-order valence-electron chi connectivity index (χ1n) is 6.96. The van der Waals surface area contributed by atoms with E-state index in [9.17, 15) is 18.0 Å². The van der Waals surface area contributed by atoms with Crippen LogP contribution in [-0.4, -0.2) is 28.9 Å². The maximum absolute atomic E-state index is 12.5. The highest BCUT2D eigenvalue weighted by atomic mass is 32.1. The third-order valence-corrected chi connectivity index (χ3v) is 4.33. The fraction of sp³-hybridized carbons (Fsp3) is 0.429. The number of thiophene rings is 1. The Labute approximate surface area is 133 Å². The van der Waals surface area contributed by atoms with Gasteiger partial charge in [-0.15, -0.1) is 11.3 Å². The number of likely N-dealkylation sites (tertiary alicyclic amines) is 1. The molecule has 0 aliphatic carbocycles. The molecule has 0 bridgehead atoms. The van der Waals surface area contributed by atoms with Crippen LogP contribution in [0.25, 0.3) is 0 Å². The van der Waals surface area contributed by atoms with E-state index in [0.29, 0.717) is 24.4 Å². The highest BCUT2D eigenvalue weighted by Gasteiger charge is 2.32. The van der Waals surface area contributed by atoms with Crippen LogP contribution in [0.1, 0.15) is 34.1 Å². The highest BCUT2D eigenvalue weighted by Crippen LogP contribution is 2.36. The Morgan fingerprint density at radius 3 is 2.78 bits per heavy atom. The van der Waals surface area contributed by atoms with Crippen molar-refractivity contribution in [3.05, 3.63) is 34.2 Å². The lowest BCUT2D eigenvalue weighted by atomic mass is 10.4. The summed E-state index contributed by atoms with van der Waals surface area (Å²) < 4.78 is 47.8. The summed E-state index contributed by atoms with van der Waals surface area (Å²) in [6.07, 6.45) is -1.20. The Kier molecular flexibility index (Phi) is 4.29. The van der Waals surface area contributed by atoms with Crippen molar-refractivity contribution in [3.63, 3.8) is 0 Å². The van der Waals surface area contributed by atoms with E-state index in [-0.39, 0.29) is 29.8 Å². The summed E-state index contributed by atoms with van der Waals surface area (Å²) in [6, 6.07) is 0.921. The van der Waals surface area contributed by atoms with Gasteiger partial charge in [-0.25, -0.2) is 4.98 Å². The summed E-state index contributed by atoms with van der Waals surface area (Å²) in [5.41, 5.74) is 0.187. The van der Waals surface area contributed by atoms with Crippen LogP contribution in [0.4, 0.5) is 13.2 Å². The summed E-state index contributed by atoms with van der Waals surface area (Å²) in [7, 11) is 0. The van der Waals surface area contributed by atoms with Gasteiger partial charge in [0, 0.05) is 24.5 Å². The smallest absolute Gasteiger partial charge is 0.425 e. The number of nitrogens with zero attached hydrogens (tertiary/aromatic N) is 2. The predicted octanol–water partition coefficient (Wildman–Crippen LogP) is 3.57. The van der Waals surface area contributed by atoms with E-state index in [2.05, 4.69) is 4.98 Å². The van der Waals surface area contributed by atoms with Gasteiger partial charge in [0.05, 0.1) is 0 Å². The lowest BCUT2D eigenvalue weighted by Crippen LogP contribution is -2.27. The van der Waals surface area contributed by atoms with Crippen molar-refractivity contribution in [1.82, 2.24) is 9.88 Å². The van der Waals surface area contributed by atoms with E-state index in [1.807, 2.05) is 0 Å². The normalized spacial score (nSPS) is 15.2. The topological polar surface area (TPSA) is 55.6 Å². The Bertz CT molecular complexity index is 689. The summed E-state index contributed by atoms with van der Waals surface area (Å²) in [5.74, 6) is 0.0349. The molecule has 23 heavy (non-hydrogen) atoms. The van der Waals surface area contributed by atoms with Crippen molar-refractivity contribution in [2.24, 2.45) is 0 Å². The van der Waals surface area contributed by atoms with E-state index in [1.54, 1.807) is 4.90 Å². The molecule has 3 heterocycles. The SMILES string of the molecule is O=C(c1coc(COc2csc(C(F)(F)F)c2)n1)N1CCCC1. The van der Waals surface area contributed by atoms with E-state index in [0.717, 1.165) is 18.9 Å². The van der Waals surface area contributed by atoms with Gasteiger partial charge in [-0.2, -0.15) is 13.2 Å². The number of aromatic nitrogens is 1. The van der Waals surface area contributed by atoms with Crippen LogP contribution in [0.5, 0.6) is 5.75 Å². The van der Waals surface area contributed by atoms with Crippen LogP contribution in [0.2, 0.25) is 0 Å². The average Bonchev–Trinajstić information content (AvgIpc) is 3.23. The van der Waals surface area contributed by atoms with Gasteiger partial charge in [-0.05, 0) is 12.8 Å². The minimum absolute atomic E-state index is 0.0907. The molecule has 0 spiro atoms. The van der Waals surface area contributed by atoms with E-state index < -0.39 is 11.1 Å². The maximum atomic E-state index is 12.5. The van der Waals surface area contributed by atoms with Crippen molar-refractivity contribution >= 4 is 17.2 Å². The quantitative estimate of drug-likeness (QED) is 0.849. The van der Waals surface area contributed by atoms with E-state index >= 15 is 0 Å². The van der Waals surface area contributed by atoms with Crippen molar-refractivity contribution in [2.75, 3.05) is 13.1 Å². The molecule has 1 aliphatic rings. The van der Waals surface area contributed by atoms with Crippen LogP contribution < -0.4 is 4.74 Å². The maximum Gasteiger partial charge on any atom is 0.425 e. The monoisotopic (exact) mass is 346 g/mol. The molecule has 1 amide bonds. The van der Waals surface area contributed by atoms with Gasteiger partial charge < -0.3 is 14.1 Å². The zero-order chi connectivity index (χ0) is 16.4. The molecule has 2 aromatic heterocycles. The number of alkyl halides is 3. The molecule has 3 rings (SSSR count). The van der Waals surface area contributed by atoms with Crippen molar-refractivity contribution in [2.45, 2.75) is 25.6 Å². The standard InChI is InChI=1S/C14H13F3N2O3S/c15-14(16,17)11-5-9(8-23-11)21-7-12-18-10(6-22-12)13(20)19-3-1-2-4-19/h5-6,8H,1-4,7H2. The zero-order valence-corrected chi connectivity index (χ0v) is 12.7. The molecule has 1 aliphatic heterocycles. The second-order valence-electron chi connectivity index (χ2n) is 5.06. The number of halogens is 3. The minimum Gasteiger partial charge on any atom is -0.483 e. The van der Waals surface area contributed by atoms with E-state index in [1.165, 1.54) is 11.6 Å². The van der Waals surface area contributed by atoms with Gasteiger partial charge in [0.15, 0.2) is 12.3 Å². The summed E-state index contributed by atoms with van der Waals surface area (Å²) in [5, 5.41) is 1.27. The van der Waals surface area contributed by atoms with Crippen molar-refractivity contribution in [1.29, 1.82) is 0 Å². The van der Waals surface area contributed by atoms with Gasteiger partial charge in [0.2, 0.25) is 5.89 Å². The molecule has 0 N–H and O–H groups in total. The first-order chi connectivity index (χ1) is 10.9. The van der Waals surface area contributed by atoms with Crippen molar-refractivity contribution in [3.8, 4) is 5.75 Å². The molecule has 1 fully saturated rings. The number of amides is 1. The van der Waals surface area contributed by atoms with Gasteiger partial charge in [-0.3, -0.25) is 4.79 Å². The number of hydrogen-bond donors (Lipinski definition) is 0. The average molecular weight is 346 g/mol. The molecule has 0 radical (unpaired) electrons. The lowest BCUT2D eigenvalue weighted by molar-refractivity contribution is -0.134. The van der Waals surface area contributed by atoms with Gasteiger partial charge in [-0.1, -0.05) is 0 Å². The van der Waals surface area contributed by atoms with Gasteiger partial charge in [0.25, 0.3) is 5.91 Å². The molecule has 0 aromatic carbocycles. The van der Waals surface area contributed by atoms with Crippen LogP contribution >= 0.6 is 11.3 Å². The molecular weight excluding hydrogens is 333 g/mol. The van der Waals surface area contributed by atoms with Crippen LogP contribution in [0.3, 0.4) is 0 Å². The number of carbonyl (C=O) groups excluding carboxylic acids is 1. The summed E-state index contributed by atoms with van der Waals surface area (Å²) in [6.45, 7) is 1.26. The third-order valence-electron chi connectivity index (χ3n) is 3.38. The number of oxazole rings is 1. The van der Waals surface area contributed by atoms with E-state index in [4.69, 9.17) is 9.15 Å². The van der Waals surface area contributed by atoms with Crippen LogP contribution in [0, 0.1) is 0 Å². The third kappa shape index (κ3) is 3.66. The number of ether oxygens (including phenoxy) is 1. The predicted molar refractivity (Wildman–Crippen MR) is 75.3 cm³/mol. The first kappa shape index (κ1) is 15.9. The molecule has 0 saturated carbocycles. The number of hydrogen-bond acceptors (Lipinski definition) is 5. The molecule has 2 aromatic rings. The highest BCUT2D eigenvalue weighted by molar-refractivity contribution is 7.10. The van der Waals surface area contributed by atoms with Gasteiger partial charge >= 0.3 is 6.18 Å². The zero-order valence-electron chi connectivity index (χ0n) is 11.9. The molecule has 9 heteroatoms. The molecule has 1 saturated heterocycles. The molecule has 124 valence electrons. The second-order valence-corrected chi connectivity index (χ2v) is 5.97. The Morgan fingerprint density at radius 1 is 1.39 bits per heavy atom. The Morgan fingerprint density at radius 2 is 2.13 bits per heavy atom. The molecule has 0 unspecified atom stereocenters. The largest absolute Gasteiger partial charge is 0.483 e. The van der Waals surface area contributed by atoms with Crippen LogP contribution in [0.15, 0.2) is 22.1 Å². The lowest BCUT2D eigenvalue weighted by Gasteiger charge is -2.12. The Hall–Kier alpha value is -2.03. The molecule has 5 nitrogen and oxygen atoms in total. The molecule has 0 atom stereocenters. The van der Waals surface area contributed by atoms with Crippen LogP contribution in [-0.2, 0) is 12.8 Å².